The van der Waals surface area contributed by atoms with Crippen molar-refractivity contribution >= 4 is 11.7 Å². The summed E-state index contributed by atoms with van der Waals surface area (Å²) in [5.74, 6) is -0.879. The van der Waals surface area contributed by atoms with E-state index in [9.17, 15) is 4.79 Å². The summed E-state index contributed by atoms with van der Waals surface area (Å²) in [6, 6.07) is 0. The number of aromatic nitrogens is 1. The Morgan fingerprint density at radius 3 is 2.83 bits per heavy atom. The number of nitrogens with two attached hydrogens (primary N) is 1. The van der Waals surface area contributed by atoms with Crippen LogP contribution in [-0.2, 0) is 11.2 Å². The van der Waals surface area contributed by atoms with Crippen LogP contribution in [-0.4, -0.2) is 16.1 Å². The molecule has 0 bridgehead atoms. The maximum absolute atomic E-state index is 10.4. The number of carboxylic acid groups (broad SMARTS) is 1. The lowest BCUT2D eigenvalue weighted by atomic mass is 10.1. The second-order valence-corrected chi connectivity index (χ2v) is 2.59. The Labute approximate surface area is 70.0 Å². The van der Waals surface area contributed by atoms with E-state index >= 15 is 0 Å². The highest BCUT2D eigenvalue weighted by Crippen LogP contribution is 2.14. The second kappa shape index (κ2) is 3.21. The molecule has 1 rings (SSSR count). The first-order valence-corrected chi connectivity index (χ1v) is 3.52. The Hall–Kier alpha value is -1.58. The smallest absolute Gasteiger partial charge is 0.307 e. The second-order valence-electron chi connectivity index (χ2n) is 2.59. The number of aliphatic carboxylic acids is 1. The highest BCUT2D eigenvalue weighted by molar-refractivity contribution is 5.73. The molecule has 1 aromatic rings. The Morgan fingerprint density at radius 2 is 2.33 bits per heavy atom. The van der Waals surface area contributed by atoms with Gasteiger partial charge >= 0.3 is 5.97 Å². The summed E-state index contributed by atoms with van der Waals surface area (Å²) in [6.45, 7) is 1.79. The molecule has 1 aromatic heterocycles. The predicted octanol–water partition coefficient (Wildman–Crippen LogP) is 0.599. The summed E-state index contributed by atoms with van der Waals surface area (Å²) in [5, 5.41) is 8.54. The molecule has 0 aliphatic rings. The summed E-state index contributed by atoms with van der Waals surface area (Å²) in [7, 11) is 0. The van der Waals surface area contributed by atoms with Crippen molar-refractivity contribution in [1.29, 1.82) is 0 Å². The van der Waals surface area contributed by atoms with Crippen LogP contribution in [0.25, 0.3) is 0 Å². The summed E-state index contributed by atoms with van der Waals surface area (Å²) in [6.07, 6.45) is 3.03. The van der Waals surface area contributed by atoms with Gasteiger partial charge in [-0.2, -0.15) is 0 Å². The number of hydrogen-bond acceptors (Lipinski definition) is 3. The van der Waals surface area contributed by atoms with Crippen LogP contribution >= 0.6 is 0 Å². The lowest BCUT2D eigenvalue weighted by Gasteiger charge is -2.04. The van der Waals surface area contributed by atoms with Crippen LogP contribution in [0.2, 0.25) is 0 Å². The fourth-order valence-electron chi connectivity index (χ4n) is 1.01. The molecule has 12 heavy (non-hydrogen) atoms. The Bertz CT molecular complexity index is 290. The van der Waals surface area contributed by atoms with E-state index in [1.165, 1.54) is 6.20 Å². The molecule has 1 heterocycles. The van der Waals surface area contributed by atoms with Crippen molar-refractivity contribution in [1.82, 2.24) is 4.98 Å². The van der Waals surface area contributed by atoms with Crippen LogP contribution < -0.4 is 5.73 Å². The summed E-state index contributed by atoms with van der Waals surface area (Å²) in [4.78, 5) is 14.2. The zero-order valence-electron chi connectivity index (χ0n) is 6.74. The van der Waals surface area contributed by atoms with Gasteiger partial charge in [-0.15, -0.1) is 0 Å². The number of hydrogen-bond donors (Lipinski definition) is 2. The molecule has 0 atom stereocenters. The molecular formula is C8H10N2O2. The molecule has 3 N–H and O–H groups in total. The zero-order chi connectivity index (χ0) is 9.14. The van der Waals surface area contributed by atoms with E-state index in [1.54, 1.807) is 13.1 Å². The van der Waals surface area contributed by atoms with Gasteiger partial charge in [0.05, 0.1) is 18.3 Å². The normalized spacial score (nSPS) is 9.75. The van der Waals surface area contributed by atoms with E-state index in [-0.39, 0.29) is 6.42 Å². The summed E-state index contributed by atoms with van der Waals surface area (Å²) in [5.41, 5.74) is 7.45. The van der Waals surface area contributed by atoms with Crippen LogP contribution in [0.15, 0.2) is 12.4 Å². The van der Waals surface area contributed by atoms with E-state index in [0.29, 0.717) is 11.3 Å². The first-order valence-electron chi connectivity index (χ1n) is 3.52. The van der Waals surface area contributed by atoms with Crippen molar-refractivity contribution in [2.24, 2.45) is 0 Å². The van der Waals surface area contributed by atoms with Gasteiger partial charge in [0, 0.05) is 6.20 Å². The number of carbonyl (C=O) groups is 1. The number of pyridine rings is 1. The molecule has 0 aromatic carbocycles. The van der Waals surface area contributed by atoms with Gasteiger partial charge in [0.25, 0.3) is 0 Å². The van der Waals surface area contributed by atoms with Gasteiger partial charge in [0.2, 0.25) is 0 Å². The number of carboxylic acids is 1. The van der Waals surface area contributed by atoms with E-state index in [4.69, 9.17) is 10.8 Å². The molecule has 0 amide bonds. The fraction of sp³-hybridized carbons (Fsp3) is 0.250. The van der Waals surface area contributed by atoms with Gasteiger partial charge in [0.1, 0.15) is 0 Å². The van der Waals surface area contributed by atoms with Crippen molar-refractivity contribution in [3.63, 3.8) is 0 Å². The Morgan fingerprint density at radius 1 is 1.67 bits per heavy atom. The zero-order valence-corrected chi connectivity index (χ0v) is 6.74. The average Bonchev–Trinajstić information content (AvgIpc) is 1.97. The molecule has 0 fully saturated rings. The van der Waals surface area contributed by atoms with Crippen LogP contribution in [0.1, 0.15) is 11.1 Å². The Balaban J connectivity index is 3.04. The maximum Gasteiger partial charge on any atom is 0.307 e. The number of nitrogens with zero attached hydrogens (tertiary/aromatic N) is 1. The van der Waals surface area contributed by atoms with Crippen LogP contribution in [0.3, 0.4) is 0 Å². The minimum Gasteiger partial charge on any atom is -0.481 e. The van der Waals surface area contributed by atoms with Crippen molar-refractivity contribution in [2.75, 3.05) is 5.73 Å². The number of aryl methyl sites for hydroxylation is 1. The van der Waals surface area contributed by atoms with Crippen LogP contribution in [0, 0.1) is 6.92 Å². The number of nitrogen functional groups attached to an aromatic ring is 1. The van der Waals surface area contributed by atoms with E-state index < -0.39 is 5.97 Å². The van der Waals surface area contributed by atoms with E-state index in [0.717, 1.165) is 5.56 Å². The topological polar surface area (TPSA) is 76.2 Å². The van der Waals surface area contributed by atoms with Gasteiger partial charge in [-0.1, -0.05) is 0 Å². The number of anilines is 1. The van der Waals surface area contributed by atoms with Gasteiger partial charge < -0.3 is 10.8 Å². The molecular weight excluding hydrogens is 156 g/mol. The molecule has 4 heteroatoms. The molecule has 0 spiro atoms. The third-order valence-electron chi connectivity index (χ3n) is 1.63. The van der Waals surface area contributed by atoms with Crippen LogP contribution in [0.4, 0.5) is 5.69 Å². The standard InChI is InChI=1S/C8H10N2O2/c1-5-3-10-4-7(9)6(5)2-8(11)12/h3-4H,2,9H2,1H3,(H,11,12). The summed E-state index contributed by atoms with van der Waals surface area (Å²) >= 11 is 0. The molecule has 4 nitrogen and oxygen atoms in total. The molecule has 0 radical (unpaired) electrons. The third kappa shape index (κ3) is 1.72. The predicted molar refractivity (Wildman–Crippen MR) is 44.7 cm³/mol. The highest BCUT2D eigenvalue weighted by Gasteiger charge is 2.07. The monoisotopic (exact) mass is 166 g/mol. The van der Waals surface area contributed by atoms with Crippen LogP contribution in [0.5, 0.6) is 0 Å². The fourth-order valence-corrected chi connectivity index (χ4v) is 1.01. The third-order valence-corrected chi connectivity index (χ3v) is 1.63. The molecule has 64 valence electrons. The largest absolute Gasteiger partial charge is 0.481 e. The number of rotatable bonds is 2. The highest BCUT2D eigenvalue weighted by atomic mass is 16.4. The van der Waals surface area contributed by atoms with Crippen molar-refractivity contribution in [3.8, 4) is 0 Å². The van der Waals surface area contributed by atoms with E-state index in [2.05, 4.69) is 4.98 Å². The first-order chi connectivity index (χ1) is 5.61. The minimum atomic E-state index is -0.879. The van der Waals surface area contributed by atoms with E-state index in [1.807, 2.05) is 0 Å². The lowest BCUT2D eigenvalue weighted by molar-refractivity contribution is -0.136. The van der Waals surface area contributed by atoms with Gasteiger partial charge in [-0.3, -0.25) is 9.78 Å². The summed E-state index contributed by atoms with van der Waals surface area (Å²) < 4.78 is 0. The van der Waals surface area contributed by atoms with Gasteiger partial charge in [-0.25, -0.2) is 0 Å². The molecule has 0 unspecified atom stereocenters. The SMILES string of the molecule is Cc1cncc(N)c1CC(=O)O. The quantitative estimate of drug-likeness (QED) is 0.674. The lowest BCUT2D eigenvalue weighted by Crippen LogP contribution is -2.06. The maximum atomic E-state index is 10.4. The van der Waals surface area contributed by atoms with Crippen molar-refractivity contribution in [3.05, 3.63) is 23.5 Å². The van der Waals surface area contributed by atoms with Crippen molar-refractivity contribution < 1.29 is 9.90 Å². The molecule has 0 saturated carbocycles. The Kier molecular flexibility index (Phi) is 2.28. The molecule has 0 aliphatic carbocycles. The van der Waals surface area contributed by atoms with Gasteiger partial charge in [0.15, 0.2) is 0 Å². The molecule has 0 aliphatic heterocycles. The van der Waals surface area contributed by atoms with Gasteiger partial charge in [-0.05, 0) is 18.1 Å². The minimum absolute atomic E-state index is 0.0415. The molecule has 0 saturated heterocycles. The average molecular weight is 166 g/mol. The van der Waals surface area contributed by atoms with Crippen molar-refractivity contribution in [2.45, 2.75) is 13.3 Å². The first kappa shape index (κ1) is 8.52.